The highest BCUT2D eigenvalue weighted by molar-refractivity contribution is 5.96. The zero-order valence-electron chi connectivity index (χ0n) is 26.0. The fraction of sp³-hybridized carbons (Fsp3) is 0.562. The molecule has 2 amide bonds. The van der Waals surface area contributed by atoms with Crippen molar-refractivity contribution in [1.29, 1.82) is 0 Å². The van der Waals surface area contributed by atoms with Crippen LogP contribution in [-0.4, -0.2) is 64.1 Å². The van der Waals surface area contributed by atoms with E-state index in [4.69, 9.17) is 14.2 Å². The Bertz CT molecular complexity index is 1480. The van der Waals surface area contributed by atoms with Crippen molar-refractivity contribution in [2.45, 2.75) is 103 Å². The number of esters is 1. The number of benzene rings is 1. The molecule has 0 radical (unpaired) electrons. The quantitative estimate of drug-likeness (QED) is 0.308. The molecule has 1 aromatic carbocycles. The lowest BCUT2D eigenvalue weighted by Gasteiger charge is -2.28. The monoisotopic (exact) mass is 599 g/mol. The maximum Gasteiger partial charge on any atom is 0.410 e. The van der Waals surface area contributed by atoms with Gasteiger partial charge in [0.15, 0.2) is 0 Å². The molecule has 1 saturated carbocycles. The third kappa shape index (κ3) is 7.94. The minimum atomic E-state index is -0.713. The average Bonchev–Trinajstić information content (AvgIpc) is 3.64. The van der Waals surface area contributed by atoms with Crippen LogP contribution in [0.3, 0.4) is 0 Å². The number of pyridine rings is 1. The molecule has 1 aliphatic heterocycles. The number of carbonyl (C=O) groups is 3. The van der Waals surface area contributed by atoms with Gasteiger partial charge in [-0.05, 0) is 86.3 Å². The number of amides is 2. The number of halogens is 1. The average molecular weight is 600 g/mol. The molecule has 2 aliphatic rings. The van der Waals surface area contributed by atoms with E-state index < -0.39 is 40.6 Å². The summed E-state index contributed by atoms with van der Waals surface area (Å²) in [6.45, 7) is 12.7. The van der Waals surface area contributed by atoms with Crippen molar-refractivity contribution in [3.05, 3.63) is 51.6 Å². The number of hydrogen-bond donors (Lipinski definition) is 1. The summed E-state index contributed by atoms with van der Waals surface area (Å²) in [5, 5.41) is 3.07. The van der Waals surface area contributed by atoms with Gasteiger partial charge in [-0.3, -0.25) is 4.79 Å². The Labute approximate surface area is 251 Å². The summed E-state index contributed by atoms with van der Waals surface area (Å²) in [7, 11) is 0. The second kappa shape index (κ2) is 12.4. The molecule has 43 heavy (non-hydrogen) atoms. The fourth-order valence-electron chi connectivity index (χ4n) is 5.21. The normalized spacial score (nSPS) is 19.1. The van der Waals surface area contributed by atoms with Gasteiger partial charge in [-0.1, -0.05) is 12.2 Å². The first-order chi connectivity index (χ1) is 20.1. The Morgan fingerprint density at radius 1 is 1.07 bits per heavy atom. The van der Waals surface area contributed by atoms with E-state index in [0.29, 0.717) is 18.4 Å². The number of carbonyl (C=O) groups excluding carboxylic acids is 3. The maximum atomic E-state index is 15.3. The molecule has 4 rings (SSSR count). The van der Waals surface area contributed by atoms with Crippen LogP contribution >= 0.6 is 0 Å². The second-order valence-electron chi connectivity index (χ2n) is 13.1. The Hall–Kier alpha value is -3.89. The molecule has 10 nitrogen and oxygen atoms in total. The van der Waals surface area contributed by atoms with Gasteiger partial charge in [0.05, 0.1) is 18.2 Å². The minimum absolute atomic E-state index is 0.0439. The van der Waals surface area contributed by atoms with E-state index in [1.54, 1.807) is 70.1 Å². The van der Waals surface area contributed by atoms with Crippen molar-refractivity contribution in [2.75, 3.05) is 13.2 Å². The SMILES string of the molecule is CCOC(=O)c1cn(C2CC2)c2c(C=CC[C@@H]3C[C@H](NC(=O)OC(C)(C)C)CN3C(=O)OC(C)(C)C)c(F)ccc2c1=O. The molecule has 11 heteroatoms. The molecule has 234 valence electrons. The van der Waals surface area contributed by atoms with Gasteiger partial charge in [0.1, 0.15) is 22.6 Å². The summed E-state index contributed by atoms with van der Waals surface area (Å²) < 4.78 is 33.2. The van der Waals surface area contributed by atoms with Crippen LogP contribution in [0.5, 0.6) is 0 Å². The summed E-state index contributed by atoms with van der Waals surface area (Å²) in [6.07, 6.45) is 6.24. The van der Waals surface area contributed by atoms with Gasteiger partial charge in [0, 0.05) is 35.8 Å². The highest BCUT2D eigenvalue weighted by atomic mass is 19.1. The molecule has 1 aliphatic carbocycles. The van der Waals surface area contributed by atoms with Crippen molar-refractivity contribution in [3.8, 4) is 0 Å². The molecule has 1 aromatic heterocycles. The van der Waals surface area contributed by atoms with E-state index in [-0.39, 0.29) is 47.8 Å². The lowest BCUT2D eigenvalue weighted by molar-refractivity contribution is 0.0220. The Kier molecular flexibility index (Phi) is 9.22. The molecule has 1 saturated heterocycles. The molecule has 0 bridgehead atoms. The number of ether oxygens (including phenoxy) is 3. The van der Waals surface area contributed by atoms with Crippen LogP contribution in [0.15, 0.2) is 29.2 Å². The van der Waals surface area contributed by atoms with E-state index in [1.165, 1.54) is 18.3 Å². The van der Waals surface area contributed by atoms with E-state index in [0.717, 1.165) is 12.8 Å². The summed E-state index contributed by atoms with van der Waals surface area (Å²) >= 11 is 0. The van der Waals surface area contributed by atoms with Gasteiger partial charge in [0.2, 0.25) is 5.43 Å². The van der Waals surface area contributed by atoms with E-state index in [1.807, 2.05) is 0 Å². The van der Waals surface area contributed by atoms with Crippen molar-refractivity contribution in [1.82, 2.24) is 14.8 Å². The molecule has 0 unspecified atom stereocenters. The molecule has 2 fully saturated rings. The predicted molar refractivity (Wildman–Crippen MR) is 161 cm³/mol. The molecule has 1 N–H and O–H groups in total. The summed E-state index contributed by atoms with van der Waals surface area (Å²) in [4.78, 5) is 52.9. The largest absolute Gasteiger partial charge is 0.462 e. The highest BCUT2D eigenvalue weighted by Crippen LogP contribution is 2.38. The zero-order chi connectivity index (χ0) is 31.7. The van der Waals surface area contributed by atoms with Crippen LogP contribution in [0, 0.1) is 5.82 Å². The standard InChI is InChI=1S/C32H42FN3O7/c1-8-41-28(38)24-18-35(20-12-13-20)26-22(25(33)15-14-23(26)27(24)37)11-9-10-21-16-19(34-29(39)42-31(2,3)4)17-36(21)30(40)43-32(5,6)7/h9,11,14-15,18-21H,8,10,12-13,16-17H2,1-7H3,(H,34,39)/t19-,21+/m0/s1. The first kappa shape index (κ1) is 32.0. The number of fused-ring (bicyclic) bond motifs is 1. The van der Waals surface area contributed by atoms with Crippen LogP contribution in [0.25, 0.3) is 17.0 Å². The topological polar surface area (TPSA) is 116 Å². The van der Waals surface area contributed by atoms with Gasteiger partial charge in [-0.2, -0.15) is 0 Å². The first-order valence-corrected chi connectivity index (χ1v) is 14.8. The van der Waals surface area contributed by atoms with Crippen LogP contribution in [0.2, 0.25) is 0 Å². The molecular formula is C32H42FN3O7. The van der Waals surface area contributed by atoms with Crippen molar-refractivity contribution in [3.63, 3.8) is 0 Å². The third-order valence-corrected chi connectivity index (χ3v) is 7.07. The van der Waals surface area contributed by atoms with Crippen LogP contribution < -0.4 is 10.7 Å². The summed E-state index contributed by atoms with van der Waals surface area (Å²) in [6, 6.07) is 1.96. The van der Waals surface area contributed by atoms with Crippen LogP contribution in [0.4, 0.5) is 14.0 Å². The lowest BCUT2D eigenvalue weighted by atomic mass is 10.0. The number of likely N-dealkylation sites (tertiary alicyclic amines) is 1. The van der Waals surface area contributed by atoms with Crippen LogP contribution in [0.1, 0.15) is 96.1 Å². The predicted octanol–water partition coefficient (Wildman–Crippen LogP) is 5.96. The number of nitrogens with one attached hydrogen (secondary N) is 1. The van der Waals surface area contributed by atoms with Crippen molar-refractivity contribution < 1.29 is 33.0 Å². The third-order valence-electron chi connectivity index (χ3n) is 7.07. The van der Waals surface area contributed by atoms with Gasteiger partial charge in [0.25, 0.3) is 0 Å². The van der Waals surface area contributed by atoms with E-state index in [2.05, 4.69) is 5.32 Å². The van der Waals surface area contributed by atoms with Gasteiger partial charge >= 0.3 is 18.2 Å². The highest BCUT2D eigenvalue weighted by Gasteiger charge is 2.38. The molecule has 2 heterocycles. The number of alkyl carbamates (subject to hydrolysis) is 1. The molecular weight excluding hydrogens is 557 g/mol. The van der Waals surface area contributed by atoms with Crippen molar-refractivity contribution >= 4 is 35.1 Å². The second-order valence-corrected chi connectivity index (χ2v) is 13.1. The minimum Gasteiger partial charge on any atom is -0.462 e. The molecule has 2 aromatic rings. The maximum absolute atomic E-state index is 15.3. The number of hydrogen-bond acceptors (Lipinski definition) is 7. The Morgan fingerprint density at radius 3 is 2.35 bits per heavy atom. The lowest BCUT2D eigenvalue weighted by Crippen LogP contribution is -2.43. The zero-order valence-corrected chi connectivity index (χ0v) is 26.0. The van der Waals surface area contributed by atoms with Gasteiger partial charge < -0.3 is 29.0 Å². The number of nitrogens with zero attached hydrogens (tertiary/aromatic N) is 2. The fourth-order valence-corrected chi connectivity index (χ4v) is 5.21. The van der Waals surface area contributed by atoms with Crippen molar-refractivity contribution in [2.24, 2.45) is 0 Å². The van der Waals surface area contributed by atoms with E-state index >= 15 is 4.39 Å². The number of rotatable bonds is 7. The summed E-state index contributed by atoms with van der Waals surface area (Å²) in [5.41, 5.74) is -1.34. The molecule has 2 atom stereocenters. The van der Waals surface area contributed by atoms with Crippen LogP contribution in [-0.2, 0) is 14.2 Å². The summed E-state index contributed by atoms with van der Waals surface area (Å²) in [5.74, 6) is -1.22. The van der Waals surface area contributed by atoms with Gasteiger partial charge in [-0.25, -0.2) is 18.8 Å². The first-order valence-electron chi connectivity index (χ1n) is 14.8. The Morgan fingerprint density at radius 2 is 1.74 bits per heavy atom. The van der Waals surface area contributed by atoms with Gasteiger partial charge in [-0.15, -0.1) is 0 Å². The smallest absolute Gasteiger partial charge is 0.410 e. The van der Waals surface area contributed by atoms with E-state index in [9.17, 15) is 19.2 Å². The molecule has 0 spiro atoms. The Balaban J connectivity index is 1.63. The number of aromatic nitrogens is 1.